The number of fused-ring (bicyclic) bond motifs is 4. The maximum Gasteiger partial charge on any atom is 0.0320 e. The van der Waals surface area contributed by atoms with Gasteiger partial charge in [0.25, 0.3) is 0 Å². The average molecular weight is 502 g/mol. The Balaban J connectivity index is 1.77. The van der Waals surface area contributed by atoms with Gasteiger partial charge >= 0.3 is 0 Å². The number of anilines is 1. The van der Waals surface area contributed by atoms with Crippen LogP contribution in [0.4, 0.5) is 5.69 Å². The summed E-state index contributed by atoms with van der Waals surface area (Å²) >= 11 is 0. The van der Waals surface area contributed by atoms with Gasteiger partial charge in [-0.25, -0.2) is 0 Å². The molecule has 0 saturated heterocycles. The quantitative estimate of drug-likeness (QED) is 0.185. The Kier molecular flexibility index (Phi) is 5.25. The van der Waals surface area contributed by atoms with Crippen molar-refractivity contribution in [2.45, 2.75) is 26.2 Å². The van der Waals surface area contributed by atoms with Crippen molar-refractivity contribution < 1.29 is 0 Å². The molecule has 0 aliphatic carbocycles. The molecule has 0 amide bonds. The summed E-state index contributed by atoms with van der Waals surface area (Å²) in [7, 11) is 0. The van der Waals surface area contributed by atoms with E-state index < -0.39 is 0 Å². The molecular formula is C38H31N. The molecule has 1 nitrogen and oxygen atoms in total. The van der Waals surface area contributed by atoms with Gasteiger partial charge in [-0.15, -0.1) is 0 Å². The fourth-order valence-electron chi connectivity index (χ4n) is 6.59. The third kappa shape index (κ3) is 3.61. The van der Waals surface area contributed by atoms with Crippen LogP contribution in [0.1, 0.15) is 26.3 Å². The largest absolute Gasteiger partial charge is 0.399 e. The van der Waals surface area contributed by atoms with Crippen molar-refractivity contribution in [3.63, 3.8) is 0 Å². The van der Waals surface area contributed by atoms with E-state index in [1.54, 1.807) is 0 Å². The lowest BCUT2D eigenvalue weighted by Gasteiger charge is -2.27. The molecule has 0 aliphatic rings. The predicted octanol–water partition coefficient (Wildman–Crippen LogP) is 10.5. The molecule has 0 aromatic heterocycles. The van der Waals surface area contributed by atoms with Crippen LogP contribution in [0.3, 0.4) is 0 Å². The van der Waals surface area contributed by atoms with Crippen LogP contribution in [0, 0.1) is 0 Å². The van der Waals surface area contributed by atoms with Gasteiger partial charge < -0.3 is 5.73 Å². The molecule has 0 unspecified atom stereocenters. The number of hydrogen-bond acceptors (Lipinski definition) is 1. The summed E-state index contributed by atoms with van der Waals surface area (Å²) in [6, 6.07) is 43.9. The second-order valence-corrected chi connectivity index (χ2v) is 11.6. The first kappa shape index (κ1) is 23.5. The predicted molar refractivity (Wildman–Crippen MR) is 170 cm³/mol. The molecule has 0 heterocycles. The molecule has 0 aliphatic heterocycles. The van der Waals surface area contributed by atoms with E-state index in [0.717, 1.165) is 5.69 Å². The fraction of sp³-hybridized carbons (Fsp3) is 0.105. The molecule has 7 aromatic rings. The van der Waals surface area contributed by atoms with Crippen LogP contribution < -0.4 is 5.73 Å². The Morgan fingerprint density at radius 1 is 0.410 bits per heavy atom. The van der Waals surface area contributed by atoms with E-state index in [2.05, 4.69) is 142 Å². The van der Waals surface area contributed by atoms with Gasteiger partial charge in [0.1, 0.15) is 0 Å². The van der Waals surface area contributed by atoms with Crippen molar-refractivity contribution in [1.82, 2.24) is 0 Å². The Labute approximate surface area is 229 Å². The van der Waals surface area contributed by atoms with E-state index in [9.17, 15) is 0 Å². The molecule has 1 heteroatoms. The van der Waals surface area contributed by atoms with Crippen LogP contribution in [0.5, 0.6) is 0 Å². The van der Waals surface area contributed by atoms with Crippen molar-refractivity contribution in [1.29, 1.82) is 0 Å². The van der Waals surface area contributed by atoms with E-state index in [-0.39, 0.29) is 5.41 Å². The highest BCUT2D eigenvalue weighted by Crippen LogP contribution is 2.49. The van der Waals surface area contributed by atoms with Gasteiger partial charge in [0.05, 0.1) is 0 Å². The topological polar surface area (TPSA) is 26.0 Å². The Hall–Kier alpha value is -4.62. The zero-order chi connectivity index (χ0) is 26.7. The minimum atomic E-state index is -0.0501. The lowest BCUT2D eigenvalue weighted by molar-refractivity contribution is 0.601. The van der Waals surface area contributed by atoms with Crippen LogP contribution in [0.25, 0.3) is 65.3 Å². The highest BCUT2D eigenvalue weighted by molar-refractivity contribution is 6.28. The molecule has 0 radical (unpaired) electrons. The lowest BCUT2D eigenvalue weighted by atomic mass is 9.76. The second-order valence-electron chi connectivity index (χ2n) is 11.6. The summed E-state index contributed by atoms with van der Waals surface area (Å²) in [5.74, 6) is 0. The smallest absolute Gasteiger partial charge is 0.0320 e. The van der Waals surface area contributed by atoms with Crippen LogP contribution in [0.15, 0.2) is 121 Å². The van der Waals surface area contributed by atoms with Gasteiger partial charge in [0.15, 0.2) is 0 Å². The number of rotatable bonds is 2. The summed E-state index contributed by atoms with van der Waals surface area (Å²) in [4.78, 5) is 0. The Bertz CT molecular complexity index is 1990. The first-order valence-electron chi connectivity index (χ1n) is 13.7. The van der Waals surface area contributed by atoms with E-state index in [0.29, 0.717) is 0 Å². The molecule has 0 spiro atoms. The van der Waals surface area contributed by atoms with Crippen molar-refractivity contribution in [3.8, 4) is 22.3 Å². The van der Waals surface area contributed by atoms with Gasteiger partial charge in [-0.2, -0.15) is 0 Å². The fourth-order valence-corrected chi connectivity index (χ4v) is 6.59. The zero-order valence-electron chi connectivity index (χ0n) is 22.6. The van der Waals surface area contributed by atoms with Crippen LogP contribution >= 0.6 is 0 Å². The average Bonchev–Trinajstić information content (AvgIpc) is 2.94. The zero-order valence-corrected chi connectivity index (χ0v) is 22.6. The molecular weight excluding hydrogens is 470 g/mol. The normalized spacial score (nSPS) is 12.1. The SMILES string of the molecule is CC(C)(C)c1c2ccccc2c(-c2c3ccccc3c(-c3ccccc3)c3ccccc23)c2ccc(N)cc12. The monoisotopic (exact) mass is 501 g/mol. The molecule has 188 valence electrons. The van der Waals surface area contributed by atoms with Gasteiger partial charge in [-0.1, -0.05) is 130 Å². The Morgan fingerprint density at radius 2 is 0.821 bits per heavy atom. The van der Waals surface area contributed by atoms with E-state index in [4.69, 9.17) is 5.73 Å². The van der Waals surface area contributed by atoms with Crippen molar-refractivity contribution in [3.05, 3.63) is 127 Å². The van der Waals surface area contributed by atoms with Gasteiger partial charge in [-0.05, 0) is 88.5 Å². The Morgan fingerprint density at radius 3 is 1.33 bits per heavy atom. The molecule has 7 aromatic carbocycles. The summed E-state index contributed by atoms with van der Waals surface area (Å²) in [5.41, 5.74) is 13.6. The number of hydrogen-bond donors (Lipinski definition) is 1. The summed E-state index contributed by atoms with van der Waals surface area (Å²) < 4.78 is 0. The first-order valence-corrected chi connectivity index (χ1v) is 13.7. The molecule has 7 rings (SSSR count). The standard InChI is InChI=1S/C38H31N/c1-38(2,3)37-32-20-12-11-19-30(32)36(31-22-21-25(39)23-33(31)37)35-28-17-9-7-15-26(28)34(24-13-5-4-6-14-24)27-16-8-10-18-29(27)35/h4-23H,39H2,1-3H3. The van der Waals surface area contributed by atoms with Gasteiger partial charge in [0.2, 0.25) is 0 Å². The van der Waals surface area contributed by atoms with E-state index >= 15 is 0 Å². The van der Waals surface area contributed by atoms with E-state index in [1.807, 2.05) is 0 Å². The van der Waals surface area contributed by atoms with Gasteiger partial charge in [-0.3, -0.25) is 0 Å². The highest BCUT2D eigenvalue weighted by atomic mass is 14.5. The third-order valence-corrected chi connectivity index (χ3v) is 8.04. The number of nitrogens with two attached hydrogens (primary N) is 1. The minimum Gasteiger partial charge on any atom is -0.399 e. The number of benzene rings is 7. The molecule has 0 saturated carbocycles. The molecule has 0 bridgehead atoms. The van der Waals surface area contributed by atoms with Crippen LogP contribution in [-0.2, 0) is 5.41 Å². The maximum absolute atomic E-state index is 6.43. The summed E-state index contributed by atoms with van der Waals surface area (Å²) in [5, 5.41) is 10.1. The lowest BCUT2D eigenvalue weighted by Crippen LogP contribution is -2.13. The van der Waals surface area contributed by atoms with E-state index in [1.165, 1.54) is 70.9 Å². The molecule has 0 atom stereocenters. The van der Waals surface area contributed by atoms with Crippen molar-refractivity contribution >= 4 is 48.8 Å². The summed E-state index contributed by atoms with van der Waals surface area (Å²) in [6.07, 6.45) is 0. The minimum absolute atomic E-state index is 0.0501. The highest BCUT2D eigenvalue weighted by Gasteiger charge is 2.25. The van der Waals surface area contributed by atoms with Gasteiger partial charge in [0, 0.05) is 5.69 Å². The second kappa shape index (κ2) is 8.71. The number of nitrogen functional groups attached to an aromatic ring is 1. The molecule has 2 N–H and O–H groups in total. The molecule has 39 heavy (non-hydrogen) atoms. The van der Waals surface area contributed by atoms with Crippen molar-refractivity contribution in [2.75, 3.05) is 5.73 Å². The van der Waals surface area contributed by atoms with Crippen LogP contribution in [-0.4, -0.2) is 0 Å². The maximum atomic E-state index is 6.43. The van der Waals surface area contributed by atoms with Crippen LogP contribution in [0.2, 0.25) is 0 Å². The molecule has 0 fully saturated rings. The van der Waals surface area contributed by atoms with Crippen molar-refractivity contribution in [2.24, 2.45) is 0 Å². The first-order chi connectivity index (χ1) is 18.9. The third-order valence-electron chi connectivity index (χ3n) is 8.04. The summed E-state index contributed by atoms with van der Waals surface area (Å²) in [6.45, 7) is 6.91.